The van der Waals surface area contributed by atoms with E-state index in [-0.39, 0.29) is 5.78 Å². The first-order valence-corrected chi connectivity index (χ1v) is 6.47. The van der Waals surface area contributed by atoms with Crippen molar-refractivity contribution in [3.63, 3.8) is 0 Å². The van der Waals surface area contributed by atoms with Crippen molar-refractivity contribution in [3.05, 3.63) is 41.5 Å². The minimum Gasteiger partial charge on any atom is -0.465 e. The molecule has 0 aliphatic rings. The summed E-state index contributed by atoms with van der Waals surface area (Å²) in [5, 5.41) is 0. The molecule has 102 valence electrons. The first-order valence-electron chi connectivity index (χ1n) is 6.47. The molecule has 0 aliphatic carbocycles. The van der Waals surface area contributed by atoms with Gasteiger partial charge in [-0.05, 0) is 38.3 Å². The summed E-state index contributed by atoms with van der Waals surface area (Å²) in [5.41, 5.74) is 2.01. The van der Waals surface area contributed by atoms with Crippen LogP contribution in [0.15, 0.2) is 30.3 Å². The maximum absolute atomic E-state index is 11.8. The number of esters is 1. The van der Waals surface area contributed by atoms with Crippen molar-refractivity contribution in [3.8, 4) is 0 Å². The molecule has 1 unspecified atom stereocenters. The Balaban J connectivity index is 2.97. The first kappa shape index (κ1) is 15.2. The molecule has 0 spiro atoms. The summed E-state index contributed by atoms with van der Waals surface area (Å²) in [4.78, 5) is 23.4. The Morgan fingerprint density at radius 3 is 2.58 bits per heavy atom. The van der Waals surface area contributed by atoms with Crippen LogP contribution in [0.1, 0.15) is 31.9 Å². The van der Waals surface area contributed by atoms with Crippen LogP contribution in [0.25, 0.3) is 6.08 Å². The van der Waals surface area contributed by atoms with Gasteiger partial charge in [-0.3, -0.25) is 9.59 Å². The number of ether oxygens (including phenoxy) is 1. The Bertz CT molecular complexity index is 475. The summed E-state index contributed by atoms with van der Waals surface area (Å²) in [6, 6.07) is 7.75. The molecule has 0 aliphatic heterocycles. The van der Waals surface area contributed by atoms with Gasteiger partial charge in [-0.25, -0.2) is 0 Å². The fraction of sp³-hybridized carbons (Fsp3) is 0.375. The van der Waals surface area contributed by atoms with Gasteiger partial charge < -0.3 is 4.74 Å². The van der Waals surface area contributed by atoms with Crippen molar-refractivity contribution >= 4 is 17.8 Å². The zero-order valence-electron chi connectivity index (χ0n) is 11.7. The molecular formula is C16H20O3. The quantitative estimate of drug-likeness (QED) is 0.583. The van der Waals surface area contributed by atoms with Crippen LogP contribution in [0, 0.1) is 5.92 Å². The standard InChI is InChI=1S/C16H20O3/c1-4-8-13-9-6-7-10-14(13)11-15(12(3)17)16(18)19-5-2/h4,6-10,15H,5,11H2,1-3H3/b8-4-. The topological polar surface area (TPSA) is 43.4 Å². The van der Waals surface area contributed by atoms with Gasteiger partial charge in [-0.2, -0.15) is 0 Å². The molecule has 1 aromatic carbocycles. The van der Waals surface area contributed by atoms with E-state index in [1.165, 1.54) is 6.92 Å². The number of carbonyl (C=O) groups is 2. The molecule has 0 saturated carbocycles. The molecule has 0 bridgehead atoms. The maximum Gasteiger partial charge on any atom is 0.316 e. The fourth-order valence-corrected chi connectivity index (χ4v) is 1.92. The predicted octanol–water partition coefficient (Wildman–Crippen LogP) is 3.03. The van der Waals surface area contributed by atoms with Crippen LogP contribution in [0.2, 0.25) is 0 Å². The lowest BCUT2D eigenvalue weighted by molar-refractivity contribution is -0.151. The molecular weight excluding hydrogens is 240 g/mol. The van der Waals surface area contributed by atoms with Gasteiger partial charge in [0.05, 0.1) is 6.61 Å². The van der Waals surface area contributed by atoms with Crippen molar-refractivity contribution in [2.75, 3.05) is 6.61 Å². The number of carbonyl (C=O) groups excluding carboxylic acids is 2. The lowest BCUT2D eigenvalue weighted by Gasteiger charge is -2.14. The summed E-state index contributed by atoms with van der Waals surface area (Å²) < 4.78 is 4.96. The molecule has 1 aromatic rings. The Morgan fingerprint density at radius 1 is 1.32 bits per heavy atom. The van der Waals surface area contributed by atoms with E-state index in [1.807, 2.05) is 43.3 Å². The van der Waals surface area contributed by atoms with Gasteiger partial charge in [0, 0.05) is 0 Å². The van der Waals surface area contributed by atoms with Crippen molar-refractivity contribution in [1.29, 1.82) is 0 Å². The molecule has 0 heterocycles. The fourth-order valence-electron chi connectivity index (χ4n) is 1.92. The smallest absolute Gasteiger partial charge is 0.316 e. The number of rotatable bonds is 6. The number of ketones is 1. The molecule has 0 saturated heterocycles. The van der Waals surface area contributed by atoms with Crippen molar-refractivity contribution in [1.82, 2.24) is 0 Å². The van der Waals surface area contributed by atoms with E-state index in [1.54, 1.807) is 6.92 Å². The molecule has 0 radical (unpaired) electrons. The van der Waals surface area contributed by atoms with Crippen LogP contribution in [0.4, 0.5) is 0 Å². The predicted molar refractivity (Wildman–Crippen MR) is 75.7 cm³/mol. The third-order valence-electron chi connectivity index (χ3n) is 2.89. The minimum atomic E-state index is -0.716. The highest BCUT2D eigenvalue weighted by Gasteiger charge is 2.25. The molecule has 0 aromatic heterocycles. The van der Waals surface area contributed by atoms with Crippen molar-refractivity contribution in [2.24, 2.45) is 5.92 Å². The lowest BCUT2D eigenvalue weighted by atomic mass is 9.93. The van der Waals surface area contributed by atoms with Gasteiger partial charge in [-0.1, -0.05) is 36.4 Å². The van der Waals surface area contributed by atoms with Gasteiger partial charge in [0.15, 0.2) is 0 Å². The lowest BCUT2D eigenvalue weighted by Crippen LogP contribution is -2.26. The van der Waals surface area contributed by atoms with Crippen LogP contribution in [0.5, 0.6) is 0 Å². The highest BCUT2D eigenvalue weighted by atomic mass is 16.5. The second-order valence-corrected chi connectivity index (χ2v) is 4.32. The summed E-state index contributed by atoms with van der Waals surface area (Å²) in [6.45, 7) is 5.40. The monoisotopic (exact) mass is 260 g/mol. The second kappa shape index (κ2) is 7.52. The SMILES string of the molecule is C/C=C\c1ccccc1CC(C(C)=O)C(=O)OCC. The van der Waals surface area contributed by atoms with Crippen LogP contribution in [0.3, 0.4) is 0 Å². The average molecular weight is 260 g/mol. The van der Waals surface area contributed by atoms with Crippen LogP contribution in [-0.2, 0) is 20.7 Å². The highest BCUT2D eigenvalue weighted by molar-refractivity contribution is 5.98. The van der Waals surface area contributed by atoms with E-state index in [2.05, 4.69) is 0 Å². The third kappa shape index (κ3) is 4.36. The number of allylic oxidation sites excluding steroid dienone is 1. The second-order valence-electron chi connectivity index (χ2n) is 4.32. The molecule has 3 heteroatoms. The van der Waals surface area contributed by atoms with E-state index in [9.17, 15) is 9.59 Å². The Hall–Kier alpha value is -1.90. The normalized spacial score (nSPS) is 12.4. The van der Waals surface area contributed by atoms with Crippen molar-refractivity contribution < 1.29 is 14.3 Å². The minimum absolute atomic E-state index is 0.159. The van der Waals surface area contributed by atoms with Crippen LogP contribution in [-0.4, -0.2) is 18.4 Å². The summed E-state index contributed by atoms with van der Waals surface area (Å²) in [6.07, 6.45) is 4.29. The number of benzene rings is 1. The zero-order chi connectivity index (χ0) is 14.3. The molecule has 0 fully saturated rings. The van der Waals surface area contributed by atoms with E-state index in [0.29, 0.717) is 13.0 Å². The van der Waals surface area contributed by atoms with Crippen LogP contribution >= 0.6 is 0 Å². The average Bonchev–Trinajstić information content (AvgIpc) is 2.37. The van der Waals surface area contributed by atoms with Gasteiger partial charge in [0.25, 0.3) is 0 Å². The number of Topliss-reactive ketones (excluding diaryl/α,β-unsaturated/α-hetero) is 1. The van der Waals surface area contributed by atoms with Gasteiger partial charge >= 0.3 is 5.97 Å². The third-order valence-corrected chi connectivity index (χ3v) is 2.89. The van der Waals surface area contributed by atoms with Crippen LogP contribution < -0.4 is 0 Å². The molecule has 19 heavy (non-hydrogen) atoms. The van der Waals surface area contributed by atoms with E-state index >= 15 is 0 Å². The van der Waals surface area contributed by atoms with E-state index in [4.69, 9.17) is 4.74 Å². The van der Waals surface area contributed by atoms with Crippen molar-refractivity contribution in [2.45, 2.75) is 27.2 Å². The Labute approximate surface area is 114 Å². The molecule has 0 amide bonds. The number of hydrogen-bond donors (Lipinski definition) is 0. The van der Waals surface area contributed by atoms with E-state index in [0.717, 1.165) is 11.1 Å². The first-order chi connectivity index (χ1) is 9.10. The molecule has 1 atom stereocenters. The van der Waals surface area contributed by atoms with Gasteiger partial charge in [0.1, 0.15) is 11.7 Å². The molecule has 0 N–H and O–H groups in total. The largest absolute Gasteiger partial charge is 0.465 e. The Kier molecular flexibility index (Phi) is 6.00. The summed E-state index contributed by atoms with van der Waals surface area (Å²) in [5.74, 6) is -1.31. The molecule has 3 nitrogen and oxygen atoms in total. The van der Waals surface area contributed by atoms with Gasteiger partial charge in [0.2, 0.25) is 0 Å². The van der Waals surface area contributed by atoms with E-state index < -0.39 is 11.9 Å². The molecule has 1 rings (SSSR count). The summed E-state index contributed by atoms with van der Waals surface area (Å²) in [7, 11) is 0. The zero-order valence-corrected chi connectivity index (χ0v) is 11.7. The van der Waals surface area contributed by atoms with Gasteiger partial charge in [-0.15, -0.1) is 0 Å². The summed E-state index contributed by atoms with van der Waals surface area (Å²) >= 11 is 0. The Morgan fingerprint density at radius 2 is 2.00 bits per heavy atom. The maximum atomic E-state index is 11.8. The number of hydrogen-bond acceptors (Lipinski definition) is 3. The highest BCUT2D eigenvalue weighted by Crippen LogP contribution is 2.17.